The maximum atomic E-state index is 11.1. The molecule has 9 nitrogen and oxygen atoms in total. The van der Waals surface area contributed by atoms with Gasteiger partial charge in [-0.25, -0.2) is 0 Å². The third-order valence-corrected chi connectivity index (χ3v) is 6.04. The number of aryl methyl sites for hydroxylation is 1. The van der Waals surface area contributed by atoms with E-state index in [0.29, 0.717) is 28.8 Å². The Labute approximate surface area is 181 Å². The monoisotopic (exact) mass is 448 g/mol. The van der Waals surface area contributed by atoms with Crippen LogP contribution in [0.1, 0.15) is 31.4 Å². The van der Waals surface area contributed by atoms with Crippen LogP contribution in [-0.2, 0) is 16.5 Å². The quantitative estimate of drug-likeness (QED) is 0.336. The molecule has 0 saturated heterocycles. The van der Waals surface area contributed by atoms with Crippen LogP contribution in [0.25, 0.3) is 16.7 Å². The normalized spacial score (nSPS) is 14.3. The van der Waals surface area contributed by atoms with Crippen molar-refractivity contribution < 1.29 is 23.2 Å². The Morgan fingerprint density at radius 3 is 2.32 bits per heavy atom. The number of hydrogen-bond donors (Lipinski definition) is 3. The summed E-state index contributed by atoms with van der Waals surface area (Å²) in [5, 5.41) is 30.9. The second-order valence-electron chi connectivity index (χ2n) is 7.88. The molecule has 1 aromatic heterocycles. The summed E-state index contributed by atoms with van der Waals surface area (Å²) < 4.78 is 30.9. The van der Waals surface area contributed by atoms with Gasteiger partial charge in [-0.05, 0) is 50.6 Å². The minimum absolute atomic E-state index is 0.0276. The first-order valence-corrected chi connectivity index (χ1v) is 11.7. The van der Waals surface area contributed by atoms with Gasteiger partial charge in [0.05, 0.1) is 5.75 Å². The third kappa shape index (κ3) is 5.59. The van der Waals surface area contributed by atoms with E-state index >= 15 is 0 Å². The van der Waals surface area contributed by atoms with E-state index in [1.807, 2.05) is 38.1 Å². The highest BCUT2D eigenvalue weighted by Crippen LogP contribution is 2.31. The lowest BCUT2D eigenvalue weighted by molar-refractivity contribution is -0.0906. The van der Waals surface area contributed by atoms with E-state index in [4.69, 9.17) is 4.55 Å². The number of rotatable bonds is 9. The van der Waals surface area contributed by atoms with Crippen molar-refractivity contribution in [1.29, 1.82) is 0 Å². The lowest BCUT2D eigenvalue weighted by Crippen LogP contribution is -2.48. The first-order valence-electron chi connectivity index (χ1n) is 10.1. The number of nitrogens with zero attached hydrogens (tertiary/aromatic N) is 4. The van der Waals surface area contributed by atoms with Gasteiger partial charge in [-0.15, -0.1) is 15.0 Å². The lowest BCUT2D eigenvalue weighted by Gasteiger charge is -2.36. The van der Waals surface area contributed by atoms with Crippen molar-refractivity contribution in [3.05, 3.63) is 47.5 Å². The molecule has 2 aromatic carbocycles. The predicted molar refractivity (Wildman–Crippen MR) is 118 cm³/mol. The molecule has 3 N–H and O–H groups in total. The Balaban J connectivity index is 1.88. The van der Waals surface area contributed by atoms with E-state index in [1.54, 1.807) is 24.0 Å². The SMILES string of the molecule is CCN(CCCS(=O)(=O)O)C(C)(O)Cc1cc(C)cc(-n2nc3ccccc3n2)c1O. The number of phenolic OH excluding ortho intramolecular Hbond substituents is 1. The van der Waals surface area contributed by atoms with Crippen LogP contribution in [0.3, 0.4) is 0 Å². The summed E-state index contributed by atoms with van der Waals surface area (Å²) in [6.45, 7) is 6.08. The number of phenols is 1. The maximum absolute atomic E-state index is 11.1. The lowest BCUT2D eigenvalue weighted by atomic mass is 9.98. The number of hydrogen-bond acceptors (Lipinski definition) is 7. The van der Waals surface area contributed by atoms with Gasteiger partial charge in [0.25, 0.3) is 10.1 Å². The standard InChI is InChI=1S/C21H28N4O5S/c1-4-24(10-7-11-31(28,29)30)21(3,27)14-16-12-15(2)13-19(20(16)26)25-22-17-8-5-6-9-18(17)23-25/h5-6,8-9,12-13,26-27H,4,7,10-11,14H2,1-3H3,(H,28,29,30). The summed E-state index contributed by atoms with van der Waals surface area (Å²) in [6, 6.07) is 11.0. The van der Waals surface area contributed by atoms with E-state index in [1.165, 1.54) is 4.80 Å². The van der Waals surface area contributed by atoms with Gasteiger partial charge in [0, 0.05) is 18.5 Å². The molecule has 0 radical (unpaired) electrons. The van der Waals surface area contributed by atoms with E-state index < -0.39 is 15.8 Å². The van der Waals surface area contributed by atoms with Crippen molar-refractivity contribution in [2.24, 2.45) is 0 Å². The van der Waals surface area contributed by atoms with Crippen molar-refractivity contribution in [2.45, 2.75) is 39.3 Å². The average molecular weight is 449 g/mol. The predicted octanol–water partition coefficient (Wildman–Crippen LogP) is 2.29. The molecule has 0 saturated carbocycles. The molecule has 0 aliphatic rings. The van der Waals surface area contributed by atoms with E-state index in [0.717, 1.165) is 5.56 Å². The highest BCUT2D eigenvalue weighted by atomic mass is 32.2. The number of aromatic hydroxyl groups is 1. The molecular weight excluding hydrogens is 420 g/mol. The Hall–Kier alpha value is -2.53. The Bertz CT molecular complexity index is 1140. The van der Waals surface area contributed by atoms with Crippen molar-refractivity contribution in [2.75, 3.05) is 18.8 Å². The summed E-state index contributed by atoms with van der Waals surface area (Å²) in [5.41, 5.74) is 1.86. The van der Waals surface area contributed by atoms with Gasteiger partial charge in [0.1, 0.15) is 28.2 Å². The number of likely N-dealkylation sites (N-methyl/N-ethyl adjacent to an activating group) is 1. The fraction of sp³-hybridized carbons (Fsp3) is 0.429. The minimum Gasteiger partial charge on any atom is -0.505 e. The summed E-state index contributed by atoms with van der Waals surface area (Å²) in [4.78, 5) is 3.09. The number of fused-ring (bicyclic) bond motifs is 1. The van der Waals surface area contributed by atoms with Gasteiger partial charge in [0.2, 0.25) is 0 Å². The smallest absolute Gasteiger partial charge is 0.264 e. The Morgan fingerprint density at radius 2 is 1.77 bits per heavy atom. The van der Waals surface area contributed by atoms with Crippen LogP contribution in [0, 0.1) is 6.92 Å². The molecule has 3 rings (SSSR count). The first kappa shape index (κ1) is 23.1. The summed E-state index contributed by atoms with van der Waals surface area (Å²) in [7, 11) is -4.06. The second kappa shape index (κ2) is 8.91. The second-order valence-corrected chi connectivity index (χ2v) is 9.46. The van der Waals surface area contributed by atoms with Gasteiger partial charge < -0.3 is 10.2 Å². The van der Waals surface area contributed by atoms with Crippen LogP contribution in [0.15, 0.2) is 36.4 Å². The molecule has 31 heavy (non-hydrogen) atoms. The van der Waals surface area contributed by atoms with Crippen LogP contribution in [0.4, 0.5) is 0 Å². The zero-order chi connectivity index (χ0) is 22.8. The van der Waals surface area contributed by atoms with E-state index in [-0.39, 0.29) is 30.9 Å². The fourth-order valence-electron chi connectivity index (χ4n) is 3.74. The molecule has 10 heteroatoms. The summed E-state index contributed by atoms with van der Waals surface area (Å²) in [6.07, 6.45) is 0.283. The highest BCUT2D eigenvalue weighted by Gasteiger charge is 2.30. The van der Waals surface area contributed by atoms with Crippen molar-refractivity contribution >= 4 is 21.2 Å². The van der Waals surface area contributed by atoms with Crippen LogP contribution >= 0.6 is 0 Å². The molecule has 3 aromatic rings. The van der Waals surface area contributed by atoms with Crippen LogP contribution in [-0.4, -0.2) is 67.6 Å². The highest BCUT2D eigenvalue weighted by molar-refractivity contribution is 7.85. The maximum Gasteiger partial charge on any atom is 0.264 e. The first-order chi connectivity index (χ1) is 14.5. The molecule has 0 fully saturated rings. The summed E-state index contributed by atoms with van der Waals surface area (Å²) >= 11 is 0. The van der Waals surface area contributed by atoms with Crippen LogP contribution in [0.5, 0.6) is 5.75 Å². The zero-order valence-corrected chi connectivity index (χ0v) is 18.7. The molecule has 0 aliphatic carbocycles. The Morgan fingerprint density at radius 1 is 1.16 bits per heavy atom. The fourth-order valence-corrected chi connectivity index (χ4v) is 4.23. The van der Waals surface area contributed by atoms with Crippen LogP contribution in [0.2, 0.25) is 0 Å². The molecule has 0 aliphatic heterocycles. The molecule has 168 valence electrons. The minimum atomic E-state index is -4.06. The van der Waals surface area contributed by atoms with Crippen molar-refractivity contribution in [3.8, 4) is 11.4 Å². The van der Waals surface area contributed by atoms with E-state index in [2.05, 4.69) is 10.2 Å². The topological polar surface area (TPSA) is 129 Å². The zero-order valence-electron chi connectivity index (χ0n) is 17.9. The van der Waals surface area contributed by atoms with Crippen LogP contribution < -0.4 is 0 Å². The molecular formula is C21H28N4O5S. The molecule has 0 bridgehead atoms. The van der Waals surface area contributed by atoms with Crippen molar-refractivity contribution in [3.63, 3.8) is 0 Å². The average Bonchev–Trinajstić information content (AvgIpc) is 3.10. The third-order valence-electron chi connectivity index (χ3n) is 5.23. The van der Waals surface area contributed by atoms with Gasteiger partial charge >= 0.3 is 0 Å². The number of aromatic nitrogens is 3. The molecule has 1 atom stereocenters. The molecule has 1 heterocycles. The van der Waals surface area contributed by atoms with Gasteiger partial charge in [-0.3, -0.25) is 9.45 Å². The molecule has 0 amide bonds. The molecule has 1 unspecified atom stereocenters. The Kier molecular flexibility index (Phi) is 6.65. The van der Waals surface area contributed by atoms with Gasteiger partial charge in [-0.2, -0.15) is 8.42 Å². The summed E-state index contributed by atoms with van der Waals surface area (Å²) in [5.74, 6) is -0.405. The van der Waals surface area contributed by atoms with Gasteiger partial charge in [0.15, 0.2) is 0 Å². The van der Waals surface area contributed by atoms with Gasteiger partial charge in [-0.1, -0.05) is 25.1 Å². The number of aliphatic hydroxyl groups is 1. The largest absolute Gasteiger partial charge is 0.505 e. The van der Waals surface area contributed by atoms with E-state index in [9.17, 15) is 18.6 Å². The molecule has 0 spiro atoms. The number of benzene rings is 2. The van der Waals surface area contributed by atoms with Crippen molar-refractivity contribution in [1.82, 2.24) is 19.9 Å².